The molecule has 4 aromatic rings. The number of halogens is 4. The number of hydrogen-bond acceptors (Lipinski definition) is 3. The molecule has 0 unspecified atom stereocenters. The molecular formula is C31H26Cl4O3. The molecule has 38 heavy (non-hydrogen) atoms. The average Bonchev–Trinajstić information content (AvgIpc) is 2.93. The summed E-state index contributed by atoms with van der Waals surface area (Å²) in [6.07, 6.45) is 0.944. The summed E-state index contributed by atoms with van der Waals surface area (Å²) < 4.78 is 4.98. The lowest BCUT2D eigenvalue weighted by Crippen LogP contribution is -2.35. The minimum Gasteiger partial charge on any atom is -0.468 e. The van der Waals surface area contributed by atoms with E-state index in [4.69, 9.17) is 51.1 Å². The number of methoxy groups -OCH3 is 1. The highest BCUT2D eigenvalue weighted by Gasteiger charge is 2.38. The lowest BCUT2D eigenvalue weighted by molar-refractivity contribution is -0.145. The first kappa shape index (κ1) is 29.7. The molecule has 0 aliphatic heterocycles. The van der Waals surface area contributed by atoms with Crippen LogP contribution >= 0.6 is 46.4 Å². The van der Waals surface area contributed by atoms with E-state index in [-0.39, 0.29) is 5.97 Å². The Hall–Kier alpha value is -2.82. The minimum absolute atomic E-state index is 0.331. The standard InChI is InChI=1S/C16H14Cl2O2.C15H12Cl2O/c1-16(15(19)20-2,11-3-7-13(17)8-4-11)12-5-9-14(18)10-6-12;1-15(10-18,11-2-6-13(16)7-3-11)12-4-8-14(17)9-5-12/h3-10H,1-2H3;2-10H,1H3. The first-order chi connectivity index (χ1) is 18.0. The molecule has 0 spiro atoms. The molecule has 7 heteroatoms. The number of hydrogen-bond donors (Lipinski definition) is 0. The fourth-order valence-corrected chi connectivity index (χ4v) is 4.57. The smallest absolute Gasteiger partial charge is 0.320 e. The van der Waals surface area contributed by atoms with Crippen molar-refractivity contribution >= 4 is 58.7 Å². The van der Waals surface area contributed by atoms with Gasteiger partial charge in [0.1, 0.15) is 11.7 Å². The fourth-order valence-electron chi connectivity index (χ4n) is 4.07. The van der Waals surface area contributed by atoms with Gasteiger partial charge in [-0.1, -0.05) is 94.9 Å². The van der Waals surface area contributed by atoms with Crippen molar-refractivity contribution < 1.29 is 14.3 Å². The van der Waals surface area contributed by atoms with Gasteiger partial charge in [-0.2, -0.15) is 0 Å². The maximum absolute atomic E-state index is 12.3. The number of carbonyl (C=O) groups is 2. The molecule has 0 aliphatic rings. The summed E-state index contributed by atoms with van der Waals surface area (Å²) in [6.45, 7) is 3.71. The Morgan fingerprint density at radius 1 is 0.579 bits per heavy atom. The van der Waals surface area contributed by atoms with Crippen molar-refractivity contribution in [2.24, 2.45) is 0 Å². The van der Waals surface area contributed by atoms with Gasteiger partial charge in [-0.15, -0.1) is 0 Å². The highest BCUT2D eigenvalue weighted by atomic mass is 35.5. The topological polar surface area (TPSA) is 43.4 Å². The fraction of sp³-hybridized carbons (Fsp3) is 0.161. The average molecular weight is 588 g/mol. The van der Waals surface area contributed by atoms with E-state index in [2.05, 4.69) is 0 Å². The van der Waals surface area contributed by atoms with E-state index in [9.17, 15) is 9.59 Å². The third kappa shape index (κ3) is 6.59. The highest BCUT2D eigenvalue weighted by molar-refractivity contribution is 6.31. The van der Waals surface area contributed by atoms with Crippen LogP contribution in [0.5, 0.6) is 0 Å². The SMILES string of the molecule is CC(C=O)(c1ccc(Cl)cc1)c1ccc(Cl)cc1.COC(=O)C(C)(c1ccc(Cl)cc1)c1ccc(Cl)cc1. The number of benzene rings is 4. The van der Waals surface area contributed by atoms with Gasteiger partial charge in [0.05, 0.1) is 12.5 Å². The molecule has 3 nitrogen and oxygen atoms in total. The maximum Gasteiger partial charge on any atom is 0.320 e. The Labute approximate surface area is 243 Å². The predicted molar refractivity (Wildman–Crippen MR) is 157 cm³/mol. The molecule has 0 aromatic heterocycles. The minimum atomic E-state index is -0.899. The Kier molecular flexibility index (Phi) is 10.0. The van der Waals surface area contributed by atoms with Crippen LogP contribution in [0.2, 0.25) is 20.1 Å². The highest BCUT2D eigenvalue weighted by Crippen LogP contribution is 2.35. The van der Waals surface area contributed by atoms with E-state index in [1.165, 1.54) is 7.11 Å². The monoisotopic (exact) mass is 586 g/mol. The molecule has 0 amide bonds. The molecule has 196 valence electrons. The molecule has 0 atom stereocenters. The van der Waals surface area contributed by atoms with Crippen molar-refractivity contribution in [1.82, 2.24) is 0 Å². The van der Waals surface area contributed by atoms with Crippen LogP contribution in [0, 0.1) is 0 Å². The van der Waals surface area contributed by atoms with Gasteiger partial charge in [0.25, 0.3) is 0 Å². The number of carbonyl (C=O) groups excluding carboxylic acids is 2. The Morgan fingerprint density at radius 2 is 0.842 bits per heavy atom. The summed E-state index contributed by atoms with van der Waals surface area (Å²) in [5, 5.41) is 2.56. The lowest BCUT2D eigenvalue weighted by atomic mass is 9.76. The van der Waals surface area contributed by atoms with Crippen molar-refractivity contribution in [2.45, 2.75) is 24.7 Å². The van der Waals surface area contributed by atoms with Crippen LogP contribution in [0.4, 0.5) is 0 Å². The van der Waals surface area contributed by atoms with E-state index in [0.29, 0.717) is 20.1 Å². The number of rotatable bonds is 6. The summed E-state index contributed by atoms with van der Waals surface area (Å²) in [5.41, 5.74) is 1.86. The zero-order valence-electron chi connectivity index (χ0n) is 21.1. The number of aldehydes is 1. The molecule has 4 aromatic carbocycles. The van der Waals surface area contributed by atoms with E-state index >= 15 is 0 Å². The molecular weight excluding hydrogens is 562 g/mol. The largest absolute Gasteiger partial charge is 0.468 e. The van der Waals surface area contributed by atoms with Crippen LogP contribution < -0.4 is 0 Å². The van der Waals surface area contributed by atoms with Crippen molar-refractivity contribution in [1.29, 1.82) is 0 Å². The lowest BCUT2D eigenvalue weighted by Gasteiger charge is -2.28. The van der Waals surface area contributed by atoms with E-state index in [1.54, 1.807) is 48.5 Å². The summed E-state index contributed by atoms with van der Waals surface area (Å²) in [4.78, 5) is 23.8. The molecule has 0 fully saturated rings. The van der Waals surface area contributed by atoms with E-state index in [0.717, 1.165) is 28.5 Å². The van der Waals surface area contributed by atoms with Gasteiger partial charge < -0.3 is 9.53 Å². The first-order valence-corrected chi connectivity index (χ1v) is 13.1. The zero-order chi connectivity index (χ0) is 27.9. The van der Waals surface area contributed by atoms with Crippen LogP contribution in [-0.4, -0.2) is 19.4 Å². The van der Waals surface area contributed by atoms with Gasteiger partial charge in [-0.05, 0) is 84.6 Å². The number of ether oxygens (including phenoxy) is 1. The van der Waals surface area contributed by atoms with Gasteiger partial charge in [-0.3, -0.25) is 4.79 Å². The molecule has 0 N–H and O–H groups in total. The van der Waals surface area contributed by atoms with Gasteiger partial charge in [0.15, 0.2) is 0 Å². The zero-order valence-corrected chi connectivity index (χ0v) is 24.1. The van der Waals surface area contributed by atoms with E-state index in [1.807, 2.05) is 62.4 Å². The quantitative estimate of drug-likeness (QED) is 0.167. The molecule has 4 rings (SSSR count). The van der Waals surface area contributed by atoms with Crippen molar-refractivity contribution in [3.05, 3.63) is 139 Å². The Balaban J connectivity index is 0.000000212. The Bertz CT molecular complexity index is 1270. The van der Waals surface area contributed by atoms with Gasteiger partial charge >= 0.3 is 5.97 Å². The van der Waals surface area contributed by atoms with Gasteiger partial charge in [-0.25, -0.2) is 0 Å². The second kappa shape index (κ2) is 12.8. The van der Waals surface area contributed by atoms with Crippen LogP contribution in [0.15, 0.2) is 97.1 Å². The third-order valence-electron chi connectivity index (χ3n) is 6.56. The molecule has 0 saturated carbocycles. The number of esters is 1. The van der Waals surface area contributed by atoms with Crippen LogP contribution in [0.25, 0.3) is 0 Å². The molecule has 0 heterocycles. The molecule has 0 bridgehead atoms. The summed E-state index contributed by atoms with van der Waals surface area (Å²) in [6, 6.07) is 29.0. The molecule has 0 aliphatic carbocycles. The van der Waals surface area contributed by atoms with Crippen molar-refractivity contribution in [3.63, 3.8) is 0 Å². The predicted octanol–water partition coefficient (Wildman–Crippen LogP) is 8.97. The van der Waals surface area contributed by atoms with Crippen LogP contribution in [0.3, 0.4) is 0 Å². The second-order valence-electron chi connectivity index (χ2n) is 8.96. The summed E-state index contributed by atoms with van der Waals surface area (Å²) in [7, 11) is 1.38. The second-order valence-corrected chi connectivity index (χ2v) is 10.7. The summed E-state index contributed by atoms with van der Waals surface area (Å²) >= 11 is 23.5. The third-order valence-corrected chi connectivity index (χ3v) is 7.57. The molecule has 0 radical (unpaired) electrons. The maximum atomic E-state index is 12.3. The first-order valence-electron chi connectivity index (χ1n) is 11.6. The normalized spacial score (nSPS) is 11.2. The van der Waals surface area contributed by atoms with Gasteiger partial charge in [0.2, 0.25) is 0 Å². The van der Waals surface area contributed by atoms with Crippen LogP contribution in [-0.2, 0) is 25.2 Å². The van der Waals surface area contributed by atoms with Gasteiger partial charge in [0, 0.05) is 20.1 Å². The van der Waals surface area contributed by atoms with Crippen LogP contribution in [0.1, 0.15) is 36.1 Å². The van der Waals surface area contributed by atoms with Crippen molar-refractivity contribution in [2.75, 3.05) is 7.11 Å². The van der Waals surface area contributed by atoms with E-state index < -0.39 is 10.8 Å². The Morgan fingerprint density at radius 3 is 1.08 bits per heavy atom. The van der Waals surface area contributed by atoms with Crippen molar-refractivity contribution in [3.8, 4) is 0 Å². The summed E-state index contributed by atoms with van der Waals surface area (Å²) in [5.74, 6) is -0.331. The molecule has 0 saturated heterocycles.